The van der Waals surface area contributed by atoms with Crippen LogP contribution in [0.1, 0.15) is 18.9 Å². The van der Waals surface area contributed by atoms with Gasteiger partial charge in [-0.25, -0.2) is 0 Å². The summed E-state index contributed by atoms with van der Waals surface area (Å²) in [6.07, 6.45) is 1.44. The highest BCUT2D eigenvalue weighted by Crippen LogP contribution is 2.38. The second kappa shape index (κ2) is 4.29. The Bertz CT molecular complexity index is 430. The van der Waals surface area contributed by atoms with Crippen molar-refractivity contribution in [1.29, 1.82) is 0 Å². The van der Waals surface area contributed by atoms with Crippen molar-refractivity contribution in [3.8, 4) is 0 Å². The molecule has 16 heavy (non-hydrogen) atoms. The van der Waals surface area contributed by atoms with Crippen molar-refractivity contribution in [1.82, 2.24) is 0 Å². The van der Waals surface area contributed by atoms with Gasteiger partial charge in [0.25, 0.3) is 5.91 Å². The monoisotopic (exact) mass is 234 g/mol. The summed E-state index contributed by atoms with van der Waals surface area (Å²) in [7, 11) is 0. The average molecular weight is 234 g/mol. The van der Waals surface area contributed by atoms with Crippen LogP contribution in [0.25, 0.3) is 0 Å². The third-order valence-electron chi connectivity index (χ3n) is 2.81. The van der Waals surface area contributed by atoms with Crippen molar-refractivity contribution in [2.24, 2.45) is 10.7 Å². The van der Waals surface area contributed by atoms with E-state index in [4.69, 9.17) is 5.73 Å². The van der Waals surface area contributed by atoms with Crippen molar-refractivity contribution >= 4 is 22.8 Å². The number of aliphatic imine (C=N–C) groups is 1. The first-order valence-electron chi connectivity index (χ1n) is 5.28. The molecule has 3 nitrogen and oxygen atoms in total. The third kappa shape index (κ3) is 1.97. The third-order valence-corrected chi connectivity index (χ3v) is 4.10. The predicted molar refractivity (Wildman–Crippen MR) is 67.4 cm³/mol. The summed E-state index contributed by atoms with van der Waals surface area (Å²) in [5, 5.41) is 0.391. The number of amidine groups is 1. The highest BCUT2D eigenvalue weighted by Gasteiger charge is 2.43. The molecule has 1 amide bonds. The Labute approximate surface area is 99.1 Å². The van der Waals surface area contributed by atoms with Crippen LogP contribution in [0.15, 0.2) is 35.3 Å². The predicted octanol–water partition coefficient (Wildman–Crippen LogP) is 1.97. The van der Waals surface area contributed by atoms with E-state index < -0.39 is 4.75 Å². The Hall–Kier alpha value is -1.29. The second-order valence-electron chi connectivity index (χ2n) is 3.87. The maximum atomic E-state index is 11.9. The Morgan fingerprint density at radius 1 is 1.38 bits per heavy atom. The number of nitrogens with zero attached hydrogens (tertiary/aromatic N) is 1. The number of hydrogen-bond donors (Lipinski definition) is 1. The molecule has 1 aliphatic rings. The van der Waals surface area contributed by atoms with Gasteiger partial charge in [0.15, 0.2) is 5.17 Å². The molecule has 4 heteroatoms. The molecule has 1 heterocycles. The van der Waals surface area contributed by atoms with E-state index in [1.807, 2.05) is 37.3 Å². The molecule has 1 aromatic rings. The molecule has 0 bridgehead atoms. The standard InChI is InChI=1S/C12H14N2OS/c1-2-12(10(15)14-11(13)16-12)8-9-6-4-3-5-7-9/h3-7H,2,8H2,1H3,(H2,13,14,15). The minimum absolute atomic E-state index is 0.0960. The Kier molecular flexibility index (Phi) is 3.01. The van der Waals surface area contributed by atoms with Crippen LogP contribution in [0.4, 0.5) is 0 Å². The first kappa shape index (κ1) is 11.2. The van der Waals surface area contributed by atoms with Crippen LogP contribution in [0.2, 0.25) is 0 Å². The molecule has 0 radical (unpaired) electrons. The lowest BCUT2D eigenvalue weighted by Crippen LogP contribution is -2.33. The van der Waals surface area contributed by atoms with Crippen LogP contribution in [0.5, 0.6) is 0 Å². The summed E-state index contributed by atoms with van der Waals surface area (Å²) in [6.45, 7) is 2.00. The lowest BCUT2D eigenvalue weighted by atomic mass is 9.95. The van der Waals surface area contributed by atoms with Crippen LogP contribution in [-0.4, -0.2) is 15.8 Å². The van der Waals surface area contributed by atoms with E-state index in [0.29, 0.717) is 11.6 Å². The van der Waals surface area contributed by atoms with Gasteiger partial charge < -0.3 is 5.73 Å². The van der Waals surface area contributed by atoms with E-state index in [1.54, 1.807) is 0 Å². The zero-order valence-electron chi connectivity index (χ0n) is 9.14. The van der Waals surface area contributed by atoms with Crippen molar-refractivity contribution in [3.05, 3.63) is 35.9 Å². The van der Waals surface area contributed by atoms with E-state index >= 15 is 0 Å². The van der Waals surface area contributed by atoms with E-state index in [0.717, 1.165) is 12.0 Å². The first-order chi connectivity index (χ1) is 7.66. The van der Waals surface area contributed by atoms with Gasteiger partial charge in [0.05, 0.1) is 0 Å². The van der Waals surface area contributed by atoms with Crippen molar-refractivity contribution in [2.75, 3.05) is 0 Å². The second-order valence-corrected chi connectivity index (χ2v) is 5.27. The van der Waals surface area contributed by atoms with Crippen LogP contribution in [-0.2, 0) is 11.2 Å². The molecular formula is C12H14N2OS. The van der Waals surface area contributed by atoms with Crippen molar-refractivity contribution < 1.29 is 4.79 Å². The van der Waals surface area contributed by atoms with Gasteiger partial charge in [0, 0.05) is 0 Å². The molecular weight excluding hydrogens is 220 g/mol. The molecule has 1 atom stereocenters. The van der Waals surface area contributed by atoms with E-state index in [9.17, 15) is 4.79 Å². The van der Waals surface area contributed by atoms with Gasteiger partial charge in [-0.1, -0.05) is 49.0 Å². The molecule has 1 unspecified atom stereocenters. The zero-order valence-corrected chi connectivity index (χ0v) is 9.96. The van der Waals surface area contributed by atoms with Crippen molar-refractivity contribution in [3.63, 3.8) is 0 Å². The maximum Gasteiger partial charge on any atom is 0.265 e. The fourth-order valence-electron chi connectivity index (χ4n) is 1.85. The SMILES string of the molecule is CCC1(Cc2ccccc2)SC(N)=NC1=O. The molecule has 0 aliphatic carbocycles. The smallest absolute Gasteiger partial charge is 0.265 e. The van der Waals surface area contributed by atoms with Gasteiger partial charge in [-0.05, 0) is 18.4 Å². The molecule has 84 valence electrons. The summed E-state index contributed by atoms with van der Waals surface area (Å²) < 4.78 is -0.481. The van der Waals surface area contributed by atoms with Crippen LogP contribution >= 0.6 is 11.8 Å². The highest BCUT2D eigenvalue weighted by atomic mass is 32.2. The topological polar surface area (TPSA) is 55.4 Å². The van der Waals surface area contributed by atoms with Crippen LogP contribution < -0.4 is 5.73 Å². The Morgan fingerprint density at radius 3 is 2.56 bits per heavy atom. The number of carbonyl (C=O) groups excluding carboxylic acids is 1. The van der Waals surface area contributed by atoms with Gasteiger partial charge in [-0.2, -0.15) is 4.99 Å². The number of amides is 1. The van der Waals surface area contributed by atoms with Gasteiger partial charge >= 0.3 is 0 Å². The minimum atomic E-state index is -0.481. The molecule has 0 aromatic heterocycles. The fraction of sp³-hybridized carbons (Fsp3) is 0.333. The fourth-order valence-corrected chi connectivity index (χ4v) is 2.90. The first-order valence-corrected chi connectivity index (χ1v) is 6.09. The van der Waals surface area contributed by atoms with Gasteiger partial charge in [0.2, 0.25) is 0 Å². The number of rotatable bonds is 3. The Morgan fingerprint density at radius 2 is 2.06 bits per heavy atom. The minimum Gasteiger partial charge on any atom is -0.378 e. The van der Waals surface area contributed by atoms with E-state index in [1.165, 1.54) is 11.8 Å². The normalized spacial score (nSPS) is 24.6. The Balaban J connectivity index is 2.22. The molecule has 0 fully saturated rings. The number of thioether (sulfide) groups is 1. The molecule has 2 N–H and O–H groups in total. The largest absolute Gasteiger partial charge is 0.378 e. The lowest BCUT2D eigenvalue weighted by Gasteiger charge is -2.23. The molecule has 0 spiro atoms. The summed E-state index contributed by atoms with van der Waals surface area (Å²) in [6, 6.07) is 9.98. The average Bonchev–Trinajstić information content (AvgIpc) is 2.56. The van der Waals surface area contributed by atoms with Gasteiger partial charge in [-0.3, -0.25) is 4.79 Å². The lowest BCUT2D eigenvalue weighted by molar-refractivity contribution is -0.119. The molecule has 1 aromatic carbocycles. The summed E-state index contributed by atoms with van der Waals surface area (Å²) in [5.74, 6) is -0.0960. The van der Waals surface area contributed by atoms with Gasteiger partial charge in [0.1, 0.15) is 4.75 Å². The molecule has 0 saturated carbocycles. The van der Waals surface area contributed by atoms with Crippen molar-refractivity contribution in [2.45, 2.75) is 24.5 Å². The van der Waals surface area contributed by atoms with E-state index in [2.05, 4.69) is 4.99 Å². The highest BCUT2D eigenvalue weighted by molar-refractivity contribution is 8.16. The zero-order chi connectivity index (χ0) is 11.6. The van der Waals surface area contributed by atoms with E-state index in [-0.39, 0.29) is 5.91 Å². The quantitative estimate of drug-likeness (QED) is 0.870. The summed E-state index contributed by atoms with van der Waals surface area (Å²) in [5.41, 5.74) is 6.77. The molecule has 2 rings (SSSR count). The number of nitrogens with two attached hydrogens (primary N) is 1. The van der Waals surface area contributed by atoms with Gasteiger partial charge in [-0.15, -0.1) is 0 Å². The van der Waals surface area contributed by atoms with Crippen LogP contribution in [0, 0.1) is 0 Å². The number of carbonyl (C=O) groups is 1. The summed E-state index contributed by atoms with van der Waals surface area (Å²) in [4.78, 5) is 15.7. The number of hydrogen-bond acceptors (Lipinski definition) is 3. The number of benzene rings is 1. The molecule has 0 saturated heterocycles. The summed E-state index contributed by atoms with van der Waals surface area (Å²) >= 11 is 1.39. The van der Waals surface area contributed by atoms with Crippen LogP contribution in [0.3, 0.4) is 0 Å². The maximum absolute atomic E-state index is 11.9. The molecule has 1 aliphatic heterocycles.